The molecular weight excluding hydrogens is 514 g/mol. The van der Waals surface area contributed by atoms with Crippen LogP contribution in [0.3, 0.4) is 0 Å². The highest BCUT2D eigenvalue weighted by molar-refractivity contribution is 8.00. The number of rotatable bonds is 8. The molecule has 16 heteroatoms. The molecule has 6 N–H and O–H groups in total. The first-order valence-electron chi connectivity index (χ1n) is 10.4. The molecule has 2 aliphatic rings. The standard InChI is InChI=1S/C19H23N9O4S3/c1-26-18(23-24-25-26)35-9-19(16(31)32)7-27-14(30)13(15(27)34-8-19)28(12(29)6-20)11-4-2-10(3-5-11)22-17(21)33/h2-5,13,15H,6-9,20H2,1H3,(H,31,32)(H3,21,22,33)/t13?,15-,19?/m1/s1. The van der Waals surface area contributed by atoms with Gasteiger partial charge in [-0.3, -0.25) is 19.3 Å². The Hall–Kier alpha value is -2.95. The molecule has 3 atom stereocenters. The van der Waals surface area contributed by atoms with Crippen molar-refractivity contribution in [2.24, 2.45) is 23.9 Å². The van der Waals surface area contributed by atoms with Crippen LogP contribution in [-0.2, 0) is 21.4 Å². The van der Waals surface area contributed by atoms with E-state index >= 15 is 0 Å². The molecule has 2 aliphatic heterocycles. The van der Waals surface area contributed by atoms with Gasteiger partial charge in [0.2, 0.25) is 17.0 Å². The number of nitrogens with zero attached hydrogens (tertiary/aromatic N) is 6. The van der Waals surface area contributed by atoms with E-state index in [2.05, 4.69) is 20.8 Å². The topological polar surface area (TPSA) is 186 Å². The zero-order chi connectivity index (χ0) is 25.3. The van der Waals surface area contributed by atoms with Crippen LogP contribution in [0.15, 0.2) is 29.4 Å². The zero-order valence-corrected chi connectivity index (χ0v) is 21.0. The highest BCUT2D eigenvalue weighted by Crippen LogP contribution is 2.46. The molecule has 0 bridgehead atoms. The number of tetrazole rings is 1. The van der Waals surface area contributed by atoms with Gasteiger partial charge >= 0.3 is 5.97 Å². The highest BCUT2D eigenvalue weighted by atomic mass is 32.2. The van der Waals surface area contributed by atoms with Crippen molar-refractivity contribution < 1.29 is 19.5 Å². The van der Waals surface area contributed by atoms with Crippen LogP contribution < -0.4 is 21.7 Å². The van der Waals surface area contributed by atoms with Crippen LogP contribution in [0, 0.1) is 5.41 Å². The van der Waals surface area contributed by atoms with E-state index in [-0.39, 0.29) is 41.0 Å². The molecule has 2 unspecified atom stereocenters. The summed E-state index contributed by atoms with van der Waals surface area (Å²) in [4.78, 5) is 41.2. The summed E-state index contributed by atoms with van der Waals surface area (Å²) in [5, 5.41) is 24.2. The van der Waals surface area contributed by atoms with Gasteiger partial charge in [-0.2, -0.15) is 0 Å². The summed E-state index contributed by atoms with van der Waals surface area (Å²) >= 11 is 7.39. The number of nitrogens with two attached hydrogens (primary N) is 2. The van der Waals surface area contributed by atoms with Crippen LogP contribution in [-0.4, -0.2) is 89.1 Å². The normalized spacial score (nSPS) is 23.3. The first-order chi connectivity index (χ1) is 16.7. The van der Waals surface area contributed by atoms with Gasteiger partial charge in [0.25, 0.3) is 0 Å². The quantitative estimate of drug-likeness (QED) is 0.188. The summed E-state index contributed by atoms with van der Waals surface area (Å²) in [6.07, 6.45) is 0. The van der Waals surface area contributed by atoms with E-state index < -0.39 is 23.3 Å². The summed E-state index contributed by atoms with van der Waals surface area (Å²) in [5.74, 6) is -1.30. The van der Waals surface area contributed by atoms with Crippen molar-refractivity contribution in [1.29, 1.82) is 0 Å². The van der Waals surface area contributed by atoms with E-state index in [1.165, 1.54) is 38.0 Å². The third-order valence-corrected chi connectivity index (χ3v) is 8.74. The minimum Gasteiger partial charge on any atom is -0.481 e. The van der Waals surface area contributed by atoms with Crippen molar-refractivity contribution in [3.05, 3.63) is 24.3 Å². The lowest BCUT2D eigenvalue weighted by atomic mass is 9.89. The molecule has 2 aromatic rings. The number of nitrogens with one attached hydrogen (secondary N) is 1. The molecule has 4 rings (SSSR count). The van der Waals surface area contributed by atoms with E-state index in [0.29, 0.717) is 16.5 Å². The van der Waals surface area contributed by atoms with E-state index in [9.17, 15) is 19.5 Å². The third-order valence-electron chi connectivity index (χ3n) is 5.76. The number of carbonyl (C=O) groups excluding carboxylic acids is 2. The van der Waals surface area contributed by atoms with Crippen molar-refractivity contribution in [2.75, 3.05) is 34.8 Å². The molecule has 0 spiro atoms. The Morgan fingerprint density at radius 3 is 2.69 bits per heavy atom. The molecule has 1 aromatic carbocycles. The smallest absolute Gasteiger partial charge is 0.313 e. The number of fused-ring (bicyclic) bond motifs is 1. The number of amides is 2. The van der Waals surface area contributed by atoms with Gasteiger partial charge in [0.15, 0.2) is 5.11 Å². The number of thiocarbonyl (C=S) groups is 1. The molecule has 3 heterocycles. The fraction of sp³-hybridized carbons (Fsp3) is 0.421. The molecule has 0 aliphatic carbocycles. The number of aromatic nitrogens is 4. The Balaban J connectivity index is 1.52. The maximum atomic E-state index is 13.2. The number of carboxylic acids is 1. The average molecular weight is 538 g/mol. The Labute approximate surface area is 213 Å². The SMILES string of the molecule is Cn1nnnc1SCC1(C(=O)O)CS[C@@H]2C(N(C(=O)CN)c3ccc(NC(N)=S)cc3)C(=O)N2C1. The maximum absolute atomic E-state index is 13.2. The predicted octanol–water partition coefficient (Wildman–Crippen LogP) is -0.696. The van der Waals surface area contributed by atoms with E-state index in [1.54, 1.807) is 31.3 Å². The van der Waals surface area contributed by atoms with Crippen LogP contribution in [0.25, 0.3) is 0 Å². The first kappa shape index (κ1) is 25.2. The Bertz CT molecular complexity index is 1160. The third kappa shape index (κ3) is 4.78. The van der Waals surface area contributed by atoms with Crippen LogP contribution in [0.4, 0.5) is 11.4 Å². The van der Waals surface area contributed by atoms with Gasteiger partial charge in [0.1, 0.15) is 16.8 Å². The summed E-state index contributed by atoms with van der Waals surface area (Å²) in [6, 6.07) is 5.94. The Morgan fingerprint density at radius 2 is 2.11 bits per heavy atom. The summed E-state index contributed by atoms with van der Waals surface area (Å²) in [5.41, 5.74) is 11.1. The second-order valence-corrected chi connectivity index (χ2v) is 10.6. The Morgan fingerprint density at radius 1 is 1.40 bits per heavy atom. The zero-order valence-electron chi connectivity index (χ0n) is 18.5. The predicted molar refractivity (Wildman–Crippen MR) is 135 cm³/mol. The Kier molecular flexibility index (Phi) is 7.16. The van der Waals surface area contributed by atoms with Gasteiger partial charge in [-0.05, 0) is 46.9 Å². The number of aliphatic carboxylic acids is 1. The fourth-order valence-corrected chi connectivity index (χ4v) is 6.81. The molecule has 0 saturated carbocycles. The molecular formula is C19H23N9O4S3. The van der Waals surface area contributed by atoms with Crippen LogP contribution in [0.2, 0.25) is 0 Å². The largest absolute Gasteiger partial charge is 0.481 e. The number of anilines is 2. The van der Waals surface area contributed by atoms with Gasteiger partial charge in [0, 0.05) is 36.5 Å². The summed E-state index contributed by atoms with van der Waals surface area (Å²) in [6.45, 7) is -0.259. The van der Waals surface area contributed by atoms with Crippen molar-refractivity contribution >= 4 is 70.0 Å². The molecule has 186 valence electrons. The van der Waals surface area contributed by atoms with Gasteiger partial charge in [0.05, 0.1) is 6.54 Å². The van der Waals surface area contributed by atoms with Crippen LogP contribution >= 0.6 is 35.7 Å². The lowest BCUT2D eigenvalue weighted by Gasteiger charge is -2.56. The number of thioether (sulfide) groups is 2. The number of hydrogen-bond acceptors (Lipinski definition) is 10. The average Bonchev–Trinajstić information content (AvgIpc) is 3.25. The van der Waals surface area contributed by atoms with Gasteiger partial charge < -0.3 is 26.8 Å². The van der Waals surface area contributed by atoms with E-state index in [4.69, 9.17) is 23.7 Å². The molecule has 1 aromatic heterocycles. The fourth-order valence-electron chi connectivity index (χ4n) is 3.94. The van der Waals surface area contributed by atoms with Crippen molar-refractivity contribution in [1.82, 2.24) is 25.1 Å². The molecule has 2 amide bonds. The number of hydrogen-bond donors (Lipinski definition) is 4. The van der Waals surface area contributed by atoms with Crippen LogP contribution in [0.5, 0.6) is 0 Å². The second kappa shape index (κ2) is 9.96. The second-order valence-electron chi connectivity index (χ2n) is 8.08. The highest BCUT2D eigenvalue weighted by Gasteiger charge is 2.59. The molecule has 0 radical (unpaired) electrons. The number of aryl methyl sites for hydroxylation is 1. The molecule has 2 saturated heterocycles. The lowest BCUT2D eigenvalue weighted by molar-refractivity contribution is -0.156. The molecule has 13 nitrogen and oxygen atoms in total. The van der Waals surface area contributed by atoms with Gasteiger partial charge in [-0.15, -0.1) is 16.9 Å². The number of β-lactam (4-membered cyclic amide) rings is 1. The van der Waals surface area contributed by atoms with Crippen molar-refractivity contribution in [3.8, 4) is 0 Å². The minimum atomic E-state index is -1.19. The number of carboxylic acid groups (broad SMARTS) is 1. The van der Waals surface area contributed by atoms with Gasteiger partial charge in [-0.1, -0.05) is 11.8 Å². The molecule has 2 fully saturated rings. The molecule has 35 heavy (non-hydrogen) atoms. The summed E-state index contributed by atoms with van der Waals surface area (Å²) in [7, 11) is 1.67. The minimum absolute atomic E-state index is 0.0229. The van der Waals surface area contributed by atoms with Gasteiger partial charge in [-0.25, -0.2) is 4.68 Å². The first-order valence-corrected chi connectivity index (χ1v) is 12.8. The van der Waals surface area contributed by atoms with E-state index in [1.807, 2.05) is 0 Å². The van der Waals surface area contributed by atoms with E-state index in [0.717, 1.165) is 0 Å². The van der Waals surface area contributed by atoms with Crippen molar-refractivity contribution in [3.63, 3.8) is 0 Å². The number of benzene rings is 1. The van der Waals surface area contributed by atoms with Crippen molar-refractivity contribution in [2.45, 2.75) is 16.6 Å². The van der Waals surface area contributed by atoms with Crippen LogP contribution in [0.1, 0.15) is 0 Å². The monoisotopic (exact) mass is 537 g/mol. The maximum Gasteiger partial charge on any atom is 0.313 e. The lowest BCUT2D eigenvalue weighted by Crippen LogP contribution is -2.75. The summed E-state index contributed by atoms with van der Waals surface area (Å²) < 4.78 is 1.46. The number of carbonyl (C=O) groups is 3.